The van der Waals surface area contributed by atoms with Crippen molar-refractivity contribution in [1.29, 1.82) is 0 Å². The Morgan fingerprint density at radius 2 is 1.16 bits per heavy atom. The summed E-state index contributed by atoms with van der Waals surface area (Å²) in [6.07, 6.45) is 2.47. The third-order valence-corrected chi connectivity index (χ3v) is 7.90. The lowest BCUT2D eigenvalue weighted by Gasteiger charge is -2.60. The Balaban J connectivity index is 0.00000245. The van der Waals surface area contributed by atoms with Crippen molar-refractivity contribution in [2.75, 3.05) is 19.6 Å². The highest BCUT2D eigenvalue weighted by molar-refractivity contribution is 5.39. The molecule has 2 bridgehead atoms. The summed E-state index contributed by atoms with van der Waals surface area (Å²) < 4.78 is 29.4. The van der Waals surface area contributed by atoms with Crippen LogP contribution in [0, 0.1) is 17.0 Å². The Labute approximate surface area is 198 Å². The Morgan fingerprint density at radius 3 is 1.59 bits per heavy atom. The van der Waals surface area contributed by atoms with Crippen LogP contribution in [0.25, 0.3) is 0 Å². The highest BCUT2D eigenvalue weighted by atomic mass is 79.9. The molecule has 0 aliphatic carbocycles. The molecule has 3 aliphatic heterocycles. The number of nitrogens with zero attached hydrogens (tertiary/aromatic N) is 1. The number of fused-ring (bicyclic) bond motifs is 3. The van der Waals surface area contributed by atoms with Crippen LogP contribution in [-0.2, 0) is 12.1 Å². The van der Waals surface area contributed by atoms with Crippen molar-refractivity contribution in [2.24, 2.45) is 5.41 Å². The maximum atomic E-state index is 14.3. The van der Waals surface area contributed by atoms with Crippen molar-refractivity contribution in [1.82, 2.24) is 0 Å². The summed E-state index contributed by atoms with van der Waals surface area (Å²) in [5, 5.41) is 12.4. The van der Waals surface area contributed by atoms with Gasteiger partial charge in [0, 0.05) is 24.7 Å². The molecule has 3 aliphatic rings. The van der Waals surface area contributed by atoms with Crippen LogP contribution >= 0.6 is 0 Å². The molecule has 0 saturated carbocycles. The minimum atomic E-state index is -1.09. The molecule has 0 unspecified atom stereocenters. The van der Waals surface area contributed by atoms with E-state index in [1.54, 1.807) is 0 Å². The molecule has 0 spiro atoms. The number of piperidine rings is 3. The van der Waals surface area contributed by atoms with E-state index in [1.807, 2.05) is 60.7 Å². The quantitative estimate of drug-likeness (QED) is 0.534. The first kappa shape index (κ1) is 23.1. The standard InChI is InChI=1S/C27H28F2NO.BrH/c28-24-12-7-13-25(29)23(24)20-30-17-14-26(15-18-30,16-19-30)27(31,21-8-3-1-4-9-21)22-10-5-2-6-11-22;/h1-13,31H,14-20H2;1H/q+1;/p-1. The predicted octanol–water partition coefficient (Wildman–Crippen LogP) is 2.41. The number of quaternary nitrogens is 1. The van der Waals surface area contributed by atoms with Crippen LogP contribution in [0.2, 0.25) is 0 Å². The maximum absolute atomic E-state index is 14.3. The first-order valence-corrected chi connectivity index (χ1v) is 11.1. The Kier molecular flexibility index (Phi) is 6.27. The zero-order valence-electron chi connectivity index (χ0n) is 18.0. The lowest BCUT2D eigenvalue weighted by Crippen LogP contribution is -3.00. The van der Waals surface area contributed by atoms with Crippen molar-refractivity contribution in [3.05, 3.63) is 107 Å². The number of rotatable bonds is 5. The summed E-state index contributed by atoms with van der Waals surface area (Å²) >= 11 is 0. The molecule has 0 aromatic heterocycles. The van der Waals surface area contributed by atoms with Crippen molar-refractivity contribution >= 4 is 0 Å². The average Bonchev–Trinajstić information content (AvgIpc) is 2.83. The second-order valence-corrected chi connectivity index (χ2v) is 9.34. The minimum Gasteiger partial charge on any atom is -1.00 e. The molecule has 168 valence electrons. The summed E-state index contributed by atoms with van der Waals surface area (Å²) in [4.78, 5) is 0. The van der Waals surface area contributed by atoms with Gasteiger partial charge in [0.1, 0.15) is 23.8 Å². The monoisotopic (exact) mass is 499 g/mol. The van der Waals surface area contributed by atoms with E-state index >= 15 is 0 Å². The van der Waals surface area contributed by atoms with Crippen LogP contribution in [0.3, 0.4) is 0 Å². The van der Waals surface area contributed by atoms with Crippen LogP contribution in [-0.4, -0.2) is 29.2 Å². The van der Waals surface area contributed by atoms with Gasteiger partial charge in [-0.2, -0.15) is 0 Å². The van der Waals surface area contributed by atoms with Gasteiger partial charge in [-0.25, -0.2) is 8.78 Å². The number of aliphatic hydroxyl groups is 1. The van der Waals surface area contributed by atoms with E-state index in [0.717, 1.165) is 50.0 Å². The lowest BCUT2D eigenvalue weighted by atomic mass is 9.56. The topological polar surface area (TPSA) is 20.2 Å². The van der Waals surface area contributed by atoms with Gasteiger partial charge in [0.25, 0.3) is 0 Å². The molecule has 0 radical (unpaired) electrons. The minimum absolute atomic E-state index is 0. The van der Waals surface area contributed by atoms with Gasteiger partial charge in [-0.15, -0.1) is 0 Å². The number of benzene rings is 3. The molecule has 3 heterocycles. The van der Waals surface area contributed by atoms with Gasteiger partial charge in [-0.3, -0.25) is 0 Å². The van der Waals surface area contributed by atoms with Crippen molar-refractivity contribution in [2.45, 2.75) is 31.4 Å². The number of hydrogen-bond donors (Lipinski definition) is 1. The van der Waals surface area contributed by atoms with Crippen molar-refractivity contribution in [3.63, 3.8) is 0 Å². The van der Waals surface area contributed by atoms with Gasteiger partial charge in [0.05, 0.1) is 25.2 Å². The molecule has 0 atom stereocenters. The van der Waals surface area contributed by atoms with E-state index in [0.29, 0.717) is 11.0 Å². The normalized spacial score (nSPS) is 24.7. The van der Waals surface area contributed by atoms with Crippen LogP contribution in [0.15, 0.2) is 78.9 Å². The molecule has 3 fully saturated rings. The zero-order chi connectivity index (χ0) is 21.5. The zero-order valence-corrected chi connectivity index (χ0v) is 19.6. The van der Waals surface area contributed by atoms with E-state index in [4.69, 9.17) is 0 Å². The molecule has 3 aromatic rings. The molecule has 1 N–H and O–H groups in total. The van der Waals surface area contributed by atoms with Gasteiger partial charge < -0.3 is 26.6 Å². The van der Waals surface area contributed by atoms with Crippen LogP contribution < -0.4 is 17.0 Å². The van der Waals surface area contributed by atoms with Gasteiger partial charge >= 0.3 is 0 Å². The second kappa shape index (κ2) is 8.69. The molecule has 32 heavy (non-hydrogen) atoms. The summed E-state index contributed by atoms with van der Waals surface area (Å²) in [5.41, 5.74) is 0.656. The Morgan fingerprint density at radius 1 is 0.719 bits per heavy atom. The van der Waals surface area contributed by atoms with E-state index < -0.39 is 17.2 Å². The third kappa shape index (κ3) is 3.60. The van der Waals surface area contributed by atoms with Gasteiger partial charge in [0.2, 0.25) is 0 Å². The lowest BCUT2D eigenvalue weighted by molar-refractivity contribution is -0.958. The average molecular weight is 500 g/mol. The van der Waals surface area contributed by atoms with E-state index in [9.17, 15) is 13.9 Å². The first-order valence-electron chi connectivity index (χ1n) is 11.1. The van der Waals surface area contributed by atoms with Crippen LogP contribution in [0.4, 0.5) is 8.78 Å². The van der Waals surface area contributed by atoms with E-state index in [2.05, 4.69) is 0 Å². The Hall–Kier alpha value is -2.08. The molecule has 0 amide bonds. The van der Waals surface area contributed by atoms with E-state index in [-0.39, 0.29) is 28.0 Å². The summed E-state index contributed by atoms with van der Waals surface area (Å²) in [6, 6.07) is 24.0. The molecular weight excluding hydrogens is 472 g/mol. The molecule has 3 aromatic carbocycles. The molecule has 3 saturated heterocycles. The summed E-state index contributed by atoms with van der Waals surface area (Å²) in [5.74, 6) is -0.917. The molecular formula is C27H28BrF2NO. The second-order valence-electron chi connectivity index (χ2n) is 9.34. The molecule has 2 nitrogen and oxygen atoms in total. The molecule has 5 heteroatoms. The highest BCUT2D eigenvalue weighted by Gasteiger charge is 2.60. The van der Waals surface area contributed by atoms with Gasteiger partial charge in [0.15, 0.2) is 0 Å². The Bertz CT molecular complexity index is 989. The van der Waals surface area contributed by atoms with Crippen molar-refractivity contribution in [3.8, 4) is 0 Å². The fourth-order valence-corrected chi connectivity index (χ4v) is 6.00. The van der Waals surface area contributed by atoms with Gasteiger partial charge in [-0.1, -0.05) is 66.7 Å². The van der Waals surface area contributed by atoms with Crippen LogP contribution in [0.5, 0.6) is 0 Å². The fraction of sp³-hybridized carbons (Fsp3) is 0.333. The van der Waals surface area contributed by atoms with Gasteiger partial charge in [-0.05, 0) is 23.3 Å². The summed E-state index contributed by atoms with van der Waals surface area (Å²) in [7, 11) is 0. The smallest absolute Gasteiger partial charge is 0.135 e. The van der Waals surface area contributed by atoms with Crippen molar-refractivity contribution < 1.29 is 35.4 Å². The SMILES string of the molecule is OC(c1ccccc1)(c1ccccc1)C12CC[N+](Cc3c(F)cccc3F)(CC1)CC2.[Br-]. The van der Waals surface area contributed by atoms with E-state index in [1.165, 1.54) is 18.2 Å². The predicted molar refractivity (Wildman–Crippen MR) is 117 cm³/mol. The number of halogens is 3. The largest absolute Gasteiger partial charge is 1.00 e. The molecule has 6 rings (SSSR count). The first-order chi connectivity index (χ1) is 15.0. The van der Waals surface area contributed by atoms with Crippen LogP contribution in [0.1, 0.15) is 36.0 Å². The maximum Gasteiger partial charge on any atom is 0.135 e. The fourth-order valence-electron chi connectivity index (χ4n) is 6.00. The third-order valence-electron chi connectivity index (χ3n) is 7.90. The number of hydrogen-bond acceptors (Lipinski definition) is 1. The summed E-state index contributed by atoms with van der Waals surface area (Å²) in [6.45, 7) is 2.82. The highest BCUT2D eigenvalue weighted by Crippen LogP contribution is 2.57.